The molecule has 1 aromatic heterocycles. The van der Waals surface area contributed by atoms with Crippen molar-refractivity contribution in [2.45, 2.75) is 13.0 Å². The molecule has 108 valence electrons. The lowest BCUT2D eigenvalue weighted by molar-refractivity contribution is 0.1000. The number of carbonyl (C=O) groups is 1. The molecule has 2 aromatic rings. The number of nitrogens with two attached hydrogens (primary N) is 1. The van der Waals surface area contributed by atoms with E-state index in [9.17, 15) is 4.79 Å². The largest absolute Gasteiger partial charge is 0.488 e. The molecule has 0 bridgehead atoms. The lowest BCUT2D eigenvalue weighted by Gasteiger charge is -2.04. The number of benzene rings is 1. The lowest BCUT2D eigenvalue weighted by atomic mass is 10.2. The Labute approximate surface area is 127 Å². The second-order valence-corrected chi connectivity index (χ2v) is 5.39. The van der Waals surface area contributed by atoms with Crippen molar-refractivity contribution in [1.29, 1.82) is 0 Å². The van der Waals surface area contributed by atoms with Crippen LogP contribution in [0.5, 0.6) is 5.75 Å². The molecule has 0 radical (unpaired) electrons. The fraction of sp³-hybridized carbons (Fsp3) is 0.188. The van der Waals surface area contributed by atoms with Gasteiger partial charge < -0.3 is 15.6 Å². The minimum absolute atomic E-state index is 0.0790. The Morgan fingerprint density at radius 2 is 2.00 bits per heavy atom. The molecule has 4 nitrogen and oxygen atoms in total. The van der Waals surface area contributed by atoms with Crippen LogP contribution in [0.1, 0.15) is 26.5 Å². The molecule has 3 N–H and O–H groups in total. The van der Waals surface area contributed by atoms with Crippen LogP contribution in [-0.2, 0) is 6.61 Å². The molecule has 21 heavy (non-hydrogen) atoms. The zero-order chi connectivity index (χ0) is 15.1. The number of amides is 1. The number of aliphatic hydroxyl groups is 1. The molecule has 0 aliphatic carbocycles. The van der Waals surface area contributed by atoms with Crippen LogP contribution in [0.2, 0.25) is 0 Å². The molecule has 0 aliphatic heterocycles. The fourth-order valence-electron chi connectivity index (χ4n) is 1.60. The Kier molecular flexibility index (Phi) is 5.38. The van der Waals surface area contributed by atoms with Crippen LogP contribution in [0.15, 0.2) is 36.4 Å². The molecule has 0 atom stereocenters. The van der Waals surface area contributed by atoms with Crippen LogP contribution < -0.4 is 10.5 Å². The van der Waals surface area contributed by atoms with Gasteiger partial charge in [-0.2, -0.15) is 0 Å². The van der Waals surface area contributed by atoms with Crippen molar-refractivity contribution < 1.29 is 14.6 Å². The number of hydrogen-bond donors (Lipinski definition) is 2. The van der Waals surface area contributed by atoms with Crippen molar-refractivity contribution in [1.82, 2.24) is 0 Å². The molecule has 2 rings (SSSR count). The van der Waals surface area contributed by atoms with Crippen LogP contribution in [-0.4, -0.2) is 17.6 Å². The first-order valence-electron chi connectivity index (χ1n) is 6.40. The third kappa shape index (κ3) is 4.63. The van der Waals surface area contributed by atoms with Gasteiger partial charge in [-0.1, -0.05) is 11.8 Å². The minimum atomic E-state index is -0.453. The summed E-state index contributed by atoms with van der Waals surface area (Å²) in [5, 5.41) is 8.67. The molecule has 1 amide bonds. The van der Waals surface area contributed by atoms with Crippen LogP contribution >= 0.6 is 11.3 Å². The number of thiophene rings is 1. The number of ether oxygens (including phenoxy) is 1. The van der Waals surface area contributed by atoms with E-state index in [-0.39, 0.29) is 6.61 Å². The van der Waals surface area contributed by atoms with Gasteiger partial charge in [0.2, 0.25) is 5.91 Å². The zero-order valence-corrected chi connectivity index (χ0v) is 12.2. The Morgan fingerprint density at radius 1 is 1.24 bits per heavy atom. The number of rotatable bonds is 5. The van der Waals surface area contributed by atoms with Gasteiger partial charge in [-0.3, -0.25) is 4.79 Å². The predicted molar refractivity (Wildman–Crippen MR) is 82.2 cm³/mol. The molecule has 0 unspecified atom stereocenters. The fourth-order valence-corrected chi connectivity index (χ4v) is 2.39. The summed E-state index contributed by atoms with van der Waals surface area (Å²) in [6.45, 7) is 0.526. The smallest absolute Gasteiger partial charge is 0.248 e. The van der Waals surface area contributed by atoms with E-state index in [0.29, 0.717) is 24.3 Å². The molecule has 0 saturated heterocycles. The van der Waals surface area contributed by atoms with Crippen LogP contribution in [0.4, 0.5) is 0 Å². The number of carbonyl (C=O) groups excluding carboxylic acids is 1. The normalized spacial score (nSPS) is 9.76. The summed E-state index contributed by atoms with van der Waals surface area (Å²) in [5.74, 6) is 6.10. The number of primary amides is 1. The highest BCUT2D eigenvalue weighted by molar-refractivity contribution is 7.12. The first-order valence-corrected chi connectivity index (χ1v) is 7.22. The molecule has 5 heteroatoms. The molecule has 0 fully saturated rings. The molecule has 0 spiro atoms. The van der Waals surface area contributed by atoms with E-state index in [2.05, 4.69) is 11.8 Å². The molecule has 0 aliphatic rings. The SMILES string of the molecule is NC(=O)c1ccc(OCc2ccc(C#CCCO)s2)cc1. The maximum absolute atomic E-state index is 11.0. The highest BCUT2D eigenvalue weighted by atomic mass is 32.1. The number of hydrogen-bond acceptors (Lipinski definition) is 4. The summed E-state index contributed by atoms with van der Waals surface area (Å²) in [7, 11) is 0. The van der Waals surface area contributed by atoms with Gasteiger partial charge in [0, 0.05) is 16.9 Å². The summed E-state index contributed by atoms with van der Waals surface area (Å²) in [5.41, 5.74) is 5.63. The van der Waals surface area contributed by atoms with Gasteiger partial charge >= 0.3 is 0 Å². The van der Waals surface area contributed by atoms with Crippen molar-refractivity contribution >= 4 is 17.2 Å². The summed E-state index contributed by atoms with van der Waals surface area (Å²) in [6.07, 6.45) is 0.482. The highest BCUT2D eigenvalue weighted by Crippen LogP contribution is 2.19. The van der Waals surface area contributed by atoms with E-state index < -0.39 is 5.91 Å². The van der Waals surface area contributed by atoms with Crippen LogP contribution in [0, 0.1) is 11.8 Å². The Morgan fingerprint density at radius 3 is 2.67 bits per heavy atom. The molecular weight excluding hydrogens is 286 g/mol. The van der Waals surface area contributed by atoms with Gasteiger partial charge in [-0.15, -0.1) is 11.3 Å². The van der Waals surface area contributed by atoms with E-state index in [1.54, 1.807) is 35.6 Å². The topological polar surface area (TPSA) is 72.6 Å². The number of aliphatic hydroxyl groups excluding tert-OH is 1. The first-order chi connectivity index (χ1) is 10.2. The molecular formula is C16H15NO3S. The average Bonchev–Trinajstić information content (AvgIpc) is 2.94. The van der Waals surface area contributed by atoms with Crippen LogP contribution in [0.3, 0.4) is 0 Å². The van der Waals surface area contributed by atoms with Gasteiger partial charge in [0.05, 0.1) is 11.5 Å². The monoisotopic (exact) mass is 301 g/mol. The zero-order valence-electron chi connectivity index (χ0n) is 11.3. The summed E-state index contributed by atoms with van der Waals surface area (Å²) in [4.78, 5) is 13.0. The molecule has 0 saturated carbocycles. The van der Waals surface area contributed by atoms with Gasteiger partial charge in [0.1, 0.15) is 12.4 Å². The maximum Gasteiger partial charge on any atom is 0.248 e. The van der Waals surface area contributed by atoms with E-state index in [1.165, 1.54) is 0 Å². The Bertz CT molecular complexity index is 665. The van der Waals surface area contributed by atoms with Gasteiger partial charge in [-0.25, -0.2) is 0 Å². The molecule has 1 heterocycles. The third-order valence-corrected chi connectivity index (χ3v) is 3.60. The third-order valence-electron chi connectivity index (χ3n) is 2.63. The summed E-state index contributed by atoms with van der Waals surface area (Å²) < 4.78 is 5.64. The molecule has 1 aromatic carbocycles. The van der Waals surface area contributed by atoms with Gasteiger partial charge in [0.15, 0.2) is 0 Å². The quantitative estimate of drug-likeness (QED) is 0.831. The predicted octanol–water partition coefficient (Wildman–Crippen LogP) is 2.16. The lowest BCUT2D eigenvalue weighted by Crippen LogP contribution is -2.10. The van der Waals surface area contributed by atoms with Crippen molar-refractivity contribution in [2.75, 3.05) is 6.61 Å². The van der Waals surface area contributed by atoms with E-state index in [1.807, 2.05) is 12.1 Å². The van der Waals surface area contributed by atoms with E-state index >= 15 is 0 Å². The second-order valence-electron chi connectivity index (χ2n) is 4.22. The summed E-state index contributed by atoms with van der Waals surface area (Å²) >= 11 is 1.56. The van der Waals surface area contributed by atoms with E-state index in [0.717, 1.165) is 9.75 Å². The maximum atomic E-state index is 11.0. The Hall–Kier alpha value is -2.29. The summed E-state index contributed by atoms with van der Waals surface area (Å²) in [6, 6.07) is 10.6. The average molecular weight is 301 g/mol. The first kappa shape index (κ1) is 15.1. The van der Waals surface area contributed by atoms with Gasteiger partial charge in [0.25, 0.3) is 0 Å². The second kappa shape index (κ2) is 7.48. The van der Waals surface area contributed by atoms with E-state index in [4.69, 9.17) is 15.6 Å². The standard InChI is InChI=1S/C16H15NO3S/c17-16(19)12-4-6-13(7-5-12)20-11-15-9-8-14(21-15)3-1-2-10-18/h4-9,18H,2,10-11H2,(H2,17,19). The van der Waals surface area contributed by atoms with Crippen molar-refractivity contribution in [3.8, 4) is 17.6 Å². The van der Waals surface area contributed by atoms with Crippen molar-refractivity contribution in [2.24, 2.45) is 5.73 Å². The van der Waals surface area contributed by atoms with Crippen molar-refractivity contribution in [3.05, 3.63) is 51.7 Å². The van der Waals surface area contributed by atoms with Gasteiger partial charge in [-0.05, 0) is 36.4 Å². The van der Waals surface area contributed by atoms with Crippen LogP contribution in [0.25, 0.3) is 0 Å². The highest BCUT2D eigenvalue weighted by Gasteiger charge is 2.02. The van der Waals surface area contributed by atoms with Crippen molar-refractivity contribution in [3.63, 3.8) is 0 Å². The Balaban J connectivity index is 1.91. The minimum Gasteiger partial charge on any atom is -0.488 e.